The van der Waals surface area contributed by atoms with Crippen LogP contribution in [0, 0.1) is 0 Å². The number of sulfonamides is 1. The third-order valence-electron chi connectivity index (χ3n) is 4.67. The lowest BCUT2D eigenvalue weighted by Crippen LogP contribution is -2.26. The fraction of sp³-hybridized carbons (Fsp3) is 0.286. The standard InChI is InChI=1S/C21H21ClN2O6S/c1-13(20(26)14-5-8-16(9-6-14)23-31(2,28)29)30-21(27)15-7-10-17(22)18(12-15)24-11-3-4-19(24)25/h5-10,12-13,23H,3-4,11H2,1-2H3/t13-/m0/s1. The van der Waals surface area contributed by atoms with Crippen molar-refractivity contribution in [3.63, 3.8) is 0 Å². The Morgan fingerprint density at radius 2 is 1.77 bits per heavy atom. The number of nitrogens with zero attached hydrogens (tertiary/aromatic N) is 1. The topological polar surface area (TPSA) is 110 Å². The van der Waals surface area contributed by atoms with E-state index in [1.54, 1.807) is 0 Å². The predicted octanol–water partition coefficient (Wildman–Crippen LogP) is 3.27. The van der Waals surface area contributed by atoms with Crippen molar-refractivity contribution < 1.29 is 27.5 Å². The van der Waals surface area contributed by atoms with E-state index in [1.165, 1.54) is 54.3 Å². The van der Waals surface area contributed by atoms with Gasteiger partial charge in [0.25, 0.3) is 0 Å². The monoisotopic (exact) mass is 464 g/mol. The van der Waals surface area contributed by atoms with Crippen molar-refractivity contribution in [2.75, 3.05) is 22.4 Å². The molecule has 0 unspecified atom stereocenters. The molecule has 2 aromatic carbocycles. The number of hydrogen-bond acceptors (Lipinski definition) is 6. The van der Waals surface area contributed by atoms with Gasteiger partial charge in [0, 0.05) is 24.2 Å². The number of anilines is 2. The van der Waals surface area contributed by atoms with Gasteiger partial charge in [-0.25, -0.2) is 13.2 Å². The second-order valence-electron chi connectivity index (χ2n) is 7.18. The molecule has 1 amide bonds. The molecule has 0 bridgehead atoms. The van der Waals surface area contributed by atoms with Gasteiger partial charge in [0.1, 0.15) is 0 Å². The van der Waals surface area contributed by atoms with Gasteiger partial charge in [0.15, 0.2) is 6.10 Å². The third-order valence-corrected chi connectivity index (χ3v) is 5.60. The summed E-state index contributed by atoms with van der Waals surface area (Å²) in [4.78, 5) is 38.7. The molecular weight excluding hydrogens is 444 g/mol. The van der Waals surface area contributed by atoms with E-state index in [2.05, 4.69) is 4.72 Å². The molecular formula is C21H21ClN2O6S. The maximum Gasteiger partial charge on any atom is 0.338 e. The molecule has 0 saturated carbocycles. The lowest BCUT2D eigenvalue weighted by molar-refractivity contribution is -0.117. The van der Waals surface area contributed by atoms with Crippen LogP contribution in [0.5, 0.6) is 0 Å². The van der Waals surface area contributed by atoms with Crippen LogP contribution in [0.25, 0.3) is 0 Å². The van der Waals surface area contributed by atoms with Gasteiger partial charge < -0.3 is 9.64 Å². The van der Waals surface area contributed by atoms with Gasteiger partial charge in [-0.2, -0.15) is 0 Å². The minimum Gasteiger partial charge on any atom is -0.451 e. The van der Waals surface area contributed by atoms with E-state index in [4.69, 9.17) is 16.3 Å². The number of halogens is 1. The Morgan fingerprint density at radius 1 is 1.13 bits per heavy atom. The van der Waals surface area contributed by atoms with Crippen molar-refractivity contribution in [1.29, 1.82) is 0 Å². The quantitative estimate of drug-likeness (QED) is 0.497. The van der Waals surface area contributed by atoms with Crippen molar-refractivity contribution in [3.05, 3.63) is 58.6 Å². The van der Waals surface area contributed by atoms with E-state index in [0.29, 0.717) is 35.8 Å². The molecule has 2 aromatic rings. The molecule has 0 radical (unpaired) electrons. The van der Waals surface area contributed by atoms with E-state index in [-0.39, 0.29) is 17.0 Å². The van der Waals surface area contributed by atoms with E-state index >= 15 is 0 Å². The summed E-state index contributed by atoms with van der Waals surface area (Å²) in [5.41, 5.74) is 1.19. The van der Waals surface area contributed by atoms with Gasteiger partial charge in [0.05, 0.1) is 22.5 Å². The summed E-state index contributed by atoms with van der Waals surface area (Å²) in [5, 5.41) is 0.346. The molecule has 3 rings (SSSR count). The number of hydrogen-bond donors (Lipinski definition) is 1. The summed E-state index contributed by atoms with van der Waals surface area (Å²) in [5.74, 6) is -1.23. The second-order valence-corrected chi connectivity index (χ2v) is 9.33. The summed E-state index contributed by atoms with van der Waals surface area (Å²) in [7, 11) is -3.43. The molecule has 0 aromatic heterocycles. The highest BCUT2D eigenvalue weighted by molar-refractivity contribution is 7.92. The van der Waals surface area contributed by atoms with Crippen LogP contribution >= 0.6 is 11.6 Å². The summed E-state index contributed by atoms with van der Waals surface area (Å²) in [6.45, 7) is 1.97. The van der Waals surface area contributed by atoms with Gasteiger partial charge in [-0.1, -0.05) is 11.6 Å². The molecule has 1 saturated heterocycles. The van der Waals surface area contributed by atoms with Crippen molar-refractivity contribution in [2.24, 2.45) is 0 Å². The summed E-state index contributed by atoms with van der Waals surface area (Å²) < 4.78 is 30.1. The fourth-order valence-electron chi connectivity index (χ4n) is 3.18. The van der Waals surface area contributed by atoms with Gasteiger partial charge >= 0.3 is 5.97 Å². The summed E-state index contributed by atoms with van der Waals surface area (Å²) >= 11 is 6.19. The summed E-state index contributed by atoms with van der Waals surface area (Å²) in [6, 6.07) is 10.2. The van der Waals surface area contributed by atoms with Crippen molar-refractivity contribution in [2.45, 2.75) is 25.9 Å². The van der Waals surface area contributed by atoms with Crippen LogP contribution in [-0.4, -0.2) is 45.0 Å². The SMILES string of the molecule is C[C@H](OC(=O)c1ccc(Cl)c(N2CCCC2=O)c1)C(=O)c1ccc(NS(C)(=O)=O)cc1. The molecule has 31 heavy (non-hydrogen) atoms. The minimum absolute atomic E-state index is 0.0650. The zero-order valence-corrected chi connectivity index (χ0v) is 18.5. The van der Waals surface area contributed by atoms with Crippen molar-refractivity contribution >= 4 is 50.7 Å². The van der Waals surface area contributed by atoms with Crippen LogP contribution in [0.15, 0.2) is 42.5 Å². The molecule has 1 aliphatic heterocycles. The number of esters is 1. The largest absolute Gasteiger partial charge is 0.451 e. The first-order valence-corrected chi connectivity index (χ1v) is 11.7. The van der Waals surface area contributed by atoms with Gasteiger partial charge in [0.2, 0.25) is 21.7 Å². The number of ether oxygens (including phenoxy) is 1. The first kappa shape index (κ1) is 22.8. The number of carbonyl (C=O) groups is 3. The first-order chi connectivity index (χ1) is 14.5. The number of rotatable bonds is 7. The second kappa shape index (κ2) is 9.07. The van der Waals surface area contributed by atoms with Crippen LogP contribution < -0.4 is 9.62 Å². The zero-order chi connectivity index (χ0) is 22.8. The number of Topliss-reactive ketones (excluding diaryl/α,β-unsaturated/α-hetero) is 1. The molecule has 8 nitrogen and oxygen atoms in total. The van der Waals surface area contributed by atoms with Crippen molar-refractivity contribution in [3.8, 4) is 0 Å². The molecule has 0 spiro atoms. The molecule has 1 fully saturated rings. The Balaban J connectivity index is 1.70. The Hall–Kier alpha value is -2.91. The number of amides is 1. The third kappa shape index (κ3) is 5.62. The predicted molar refractivity (Wildman–Crippen MR) is 117 cm³/mol. The normalized spacial score (nSPS) is 14.9. The van der Waals surface area contributed by atoms with Crippen molar-refractivity contribution in [1.82, 2.24) is 0 Å². The lowest BCUT2D eigenvalue weighted by Gasteiger charge is -2.18. The Morgan fingerprint density at radius 3 is 2.35 bits per heavy atom. The fourth-order valence-corrected chi connectivity index (χ4v) is 3.97. The molecule has 1 atom stereocenters. The maximum absolute atomic E-state index is 12.6. The molecule has 1 heterocycles. The average Bonchev–Trinajstić information content (AvgIpc) is 3.12. The number of ketones is 1. The highest BCUT2D eigenvalue weighted by Gasteiger charge is 2.26. The highest BCUT2D eigenvalue weighted by Crippen LogP contribution is 2.30. The molecule has 1 N–H and O–H groups in total. The van der Waals surface area contributed by atoms with Gasteiger partial charge in [-0.15, -0.1) is 0 Å². The van der Waals surface area contributed by atoms with E-state index in [1.807, 2.05) is 0 Å². The highest BCUT2D eigenvalue weighted by atomic mass is 35.5. The van der Waals surface area contributed by atoms with Crippen LogP contribution in [-0.2, 0) is 19.6 Å². The zero-order valence-electron chi connectivity index (χ0n) is 16.9. The number of benzene rings is 2. The Kier molecular flexibility index (Phi) is 6.66. The first-order valence-electron chi connectivity index (χ1n) is 9.48. The van der Waals surface area contributed by atoms with Gasteiger partial charge in [-0.3, -0.25) is 14.3 Å². The van der Waals surface area contributed by atoms with Crippen LogP contribution in [0.2, 0.25) is 5.02 Å². The van der Waals surface area contributed by atoms with E-state index < -0.39 is 27.9 Å². The van der Waals surface area contributed by atoms with E-state index in [0.717, 1.165) is 6.26 Å². The van der Waals surface area contributed by atoms with Crippen LogP contribution in [0.1, 0.15) is 40.5 Å². The number of nitrogens with one attached hydrogen (secondary N) is 1. The molecule has 10 heteroatoms. The van der Waals surface area contributed by atoms with Crippen LogP contribution in [0.3, 0.4) is 0 Å². The summed E-state index contributed by atoms with van der Waals surface area (Å²) in [6.07, 6.45) is 1.09. The molecule has 0 aliphatic carbocycles. The Bertz CT molecular complexity index is 1130. The lowest BCUT2D eigenvalue weighted by atomic mass is 10.1. The molecule has 164 valence electrons. The smallest absolute Gasteiger partial charge is 0.338 e. The number of carbonyl (C=O) groups excluding carboxylic acids is 3. The van der Waals surface area contributed by atoms with E-state index in [9.17, 15) is 22.8 Å². The average molecular weight is 465 g/mol. The molecule has 1 aliphatic rings. The Labute approximate surface area is 185 Å². The van der Waals surface area contributed by atoms with Crippen LogP contribution in [0.4, 0.5) is 11.4 Å². The minimum atomic E-state index is -3.43. The van der Waals surface area contributed by atoms with Gasteiger partial charge in [-0.05, 0) is 55.8 Å². The maximum atomic E-state index is 12.6.